The number of sulfonamides is 1. The molecule has 1 aromatic carbocycles. The summed E-state index contributed by atoms with van der Waals surface area (Å²) in [6.45, 7) is -0.0725. The number of benzene rings is 1. The number of esters is 1. The molecule has 8 nitrogen and oxygen atoms in total. The minimum Gasteiger partial charge on any atom is -0.468 e. The van der Waals surface area contributed by atoms with Crippen LogP contribution in [0.3, 0.4) is 0 Å². The van der Waals surface area contributed by atoms with Crippen molar-refractivity contribution in [3.8, 4) is 0 Å². The van der Waals surface area contributed by atoms with Crippen molar-refractivity contribution in [1.82, 2.24) is 9.62 Å². The third-order valence-electron chi connectivity index (χ3n) is 4.19. The van der Waals surface area contributed by atoms with E-state index in [1.54, 1.807) is 25.2 Å². The van der Waals surface area contributed by atoms with Crippen LogP contribution in [0, 0.1) is 0 Å². The number of amides is 1. The van der Waals surface area contributed by atoms with Crippen LogP contribution in [0.4, 0.5) is 0 Å². The van der Waals surface area contributed by atoms with Crippen LogP contribution in [0.5, 0.6) is 0 Å². The van der Waals surface area contributed by atoms with Gasteiger partial charge in [0.25, 0.3) is 5.91 Å². The van der Waals surface area contributed by atoms with Crippen LogP contribution in [0.15, 0.2) is 64.1 Å². The Balaban J connectivity index is 1.51. The van der Waals surface area contributed by atoms with E-state index < -0.39 is 22.6 Å². The number of hydrogen-bond donors (Lipinski definition) is 1. The normalized spacial score (nSPS) is 11.3. The van der Waals surface area contributed by atoms with E-state index in [0.29, 0.717) is 16.6 Å². The van der Waals surface area contributed by atoms with Gasteiger partial charge < -0.3 is 14.1 Å². The van der Waals surface area contributed by atoms with Gasteiger partial charge in [0.05, 0.1) is 34.1 Å². The number of carbonyl (C=O) groups is 2. The van der Waals surface area contributed by atoms with Gasteiger partial charge in [-0.15, -0.1) is 11.3 Å². The third-order valence-corrected chi connectivity index (χ3v) is 6.82. The summed E-state index contributed by atoms with van der Waals surface area (Å²) in [5, 5.41) is 0. The number of thiophene rings is 1. The Morgan fingerprint density at radius 3 is 2.52 bits per heavy atom. The first-order valence-corrected chi connectivity index (χ1v) is 11.7. The molecule has 2 heterocycles. The van der Waals surface area contributed by atoms with Gasteiger partial charge >= 0.3 is 5.97 Å². The zero-order valence-corrected chi connectivity index (χ0v) is 18.8. The quantitative estimate of drug-likeness (QED) is 0.469. The predicted molar refractivity (Wildman–Crippen MR) is 115 cm³/mol. The number of nitrogens with one attached hydrogen (secondary N) is 1. The molecule has 0 radical (unpaired) electrons. The van der Waals surface area contributed by atoms with Gasteiger partial charge in [-0.25, -0.2) is 17.9 Å². The van der Waals surface area contributed by atoms with Gasteiger partial charge in [0.2, 0.25) is 10.0 Å². The summed E-state index contributed by atoms with van der Waals surface area (Å²) in [5.41, 5.74) is 0.130. The first kappa shape index (κ1) is 23.0. The third kappa shape index (κ3) is 6.41. The lowest BCUT2D eigenvalue weighted by Gasteiger charge is -2.16. The molecule has 0 atom stereocenters. The van der Waals surface area contributed by atoms with Crippen molar-refractivity contribution < 1.29 is 27.2 Å². The fourth-order valence-corrected chi connectivity index (χ4v) is 4.65. The van der Waals surface area contributed by atoms with Gasteiger partial charge in [0, 0.05) is 11.9 Å². The molecule has 0 saturated heterocycles. The summed E-state index contributed by atoms with van der Waals surface area (Å²) >= 11 is 7.24. The van der Waals surface area contributed by atoms with E-state index >= 15 is 0 Å². The van der Waals surface area contributed by atoms with Gasteiger partial charge in [-0.2, -0.15) is 0 Å². The minimum atomic E-state index is -3.78. The molecule has 2 aromatic heterocycles. The van der Waals surface area contributed by atoms with E-state index in [1.165, 1.54) is 46.8 Å². The highest BCUT2D eigenvalue weighted by Gasteiger charge is 2.17. The molecule has 31 heavy (non-hydrogen) atoms. The zero-order valence-electron chi connectivity index (χ0n) is 16.4. The van der Waals surface area contributed by atoms with Crippen LogP contribution in [0.25, 0.3) is 0 Å². The molecule has 1 N–H and O–H groups in total. The fraction of sp³-hybridized carbons (Fsp3) is 0.200. The Bertz CT molecular complexity index is 1140. The van der Waals surface area contributed by atoms with Crippen molar-refractivity contribution >= 4 is 44.8 Å². The molecule has 1 amide bonds. The molecular formula is C20H19ClN2O6S2. The molecule has 0 spiro atoms. The summed E-state index contributed by atoms with van der Waals surface area (Å²) in [6, 6.07) is 12.1. The van der Waals surface area contributed by atoms with Crippen LogP contribution in [0.1, 0.15) is 21.0 Å². The molecule has 0 aliphatic rings. The highest BCUT2D eigenvalue weighted by molar-refractivity contribution is 7.89. The lowest BCUT2D eigenvalue weighted by atomic mass is 10.2. The number of nitrogens with zero attached hydrogens (tertiary/aromatic N) is 1. The summed E-state index contributed by atoms with van der Waals surface area (Å²) in [4.78, 5) is 26.7. The van der Waals surface area contributed by atoms with E-state index in [-0.39, 0.29) is 22.9 Å². The number of ether oxygens (including phenoxy) is 1. The molecule has 164 valence electrons. The van der Waals surface area contributed by atoms with Gasteiger partial charge in [-0.05, 0) is 48.5 Å². The molecule has 0 fully saturated rings. The Labute approximate surface area is 188 Å². The lowest BCUT2D eigenvalue weighted by Crippen LogP contribution is -2.30. The average Bonchev–Trinajstić information content (AvgIpc) is 3.42. The number of furan rings is 1. The minimum absolute atomic E-state index is 0.00638. The van der Waals surface area contributed by atoms with Gasteiger partial charge in [-0.1, -0.05) is 11.6 Å². The van der Waals surface area contributed by atoms with E-state index in [2.05, 4.69) is 4.72 Å². The number of halogens is 1. The first-order chi connectivity index (χ1) is 14.7. The maximum atomic E-state index is 12.3. The highest BCUT2D eigenvalue weighted by atomic mass is 35.5. The van der Waals surface area contributed by atoms with Gasteiger partial charge in [0.15, 0.2) is 6.61 Å². The summed E-state index contributed by atoms with van der Waals surface area (Å²) in [7, 11) is -2.18. The zero-order chi connectivity index (χ0) is 22.4. The summed E-state index contributed by atoms with van der Waals surface area (Å²) in [6.07, 6.45) is 1.45. The topological polar surface area (TPSA) is 106 Å². The molecule has 0 saturated carbocycles. The van der Waals surface area contributed by atoms with E-state index in [1.807, 2.05) is 6.07 Å². The molecule has 11 heteroatoms. The first-order valence-electron chi connectivity index (χ1n) is 9.02. The summed E-state index contributed by atoms with van der Waals surface area (Å²) in [5.74, 6) is -0.631. The molecule has 3 aromatic rings. The van der Waals surface area contributed by atoms with Crippen molar-refractivity contribution in [2.24, 2.45) is 0 Å². The largest absolute Gasteiger partial charge is 0.468 e. The van der Waals surface area contributed by atoms with Crippen LogP contribution < -0.4 is 4.72 Å². The maximum absolute atomic E-state index is 12.3. The van der Waals surface area contributed by atoms with Crippen molar-refractivity contribution in [2.45, 2.75) is 18.0 Å². The standard InChI is InChI=1S/C20H19ClN2O6S2/c1-23(12-16-6-9-18(21)30-16)19(24)13-29-20(25)14-4-7-17(8-5-14)31(26,27)22-11-15-3-2-10-28-15/h2-10,22H,11-13H2,1H3. The van der Waals surface area contributed by atoms with Gasteiger partial charge in [-0.3, -0.25) is 4.79 Å². The number of likely N-dealkylation sites (N-methyl/N-ethyl adjacent to an activating group) is 1. The van der Waals surface area contributed by atoms with Crippen molar-refractivity contribution in [3.05, 3.63) is 75.3 Å². The molecule has 0 aliphatic carbocycles. The summed E-state index contributed by atoms with van der Waals surface area (Å²) < 4.78 is 37.8. The fourth-order valence-electron chi connectivity index (χ4n) is 2.51. The number of carbonyl (C=O) groups excluding carboxylic acids is 2. The van der Waals surface area contributed by atoms with E-state index in [9.17, 15) is 18.0 Å². The van der Waals surface area contributed by atoms with Crippen molar-refractivity contribution in [2.75, 3.05) is 13.7 Å². The van der Waals surface area contributed by atoms with Crippen molar-refractivity contribution in [3.63, 3.8) is 0 Å². The second-order valence-corrected chi connectivity index (χ2v) is 10.0. The van der Waals surface area contributed by atoms with E-state index in [4.69, 9.17) is 20.8 Å². The maximum Gasteiger partial charge on any atom is 0.338 e. The second kappa shape index (κ2) is 10.1. The van der Waals surface area contributed by atoms with E-state index in [0.717, 1.165) is 4.88 Å². The average molecular weight is 483 g/mol. The monoisotopic (exact) mass is 482 g/mol. The highest BCUT2D eigenvalue weighted by Crippen LogP contribution is 2.22. The second-order valence-electron chi connectivity index (χ2n) is 6.46. The molecule has 3 rings (SSSR count). The van der Waals surface area contributed by atoms with Crippen molar-refractivity contribution in [1.29, 1.82) is 0 Å². The Kier molecular flexibility index (Phi) is 7.50. The number of hydrogen-bond acceptors (Lipinski definition) is 7. The number of rotatable bonds is 9. The van der Waals surface area contributed by atoms with Crippen LogP contribution in [-0.4, -0.2) is 38.8 Å². The molecular weight excluding hydrogens is 464 g/mol. The Hall–Kier alpha value is -2.66. The molecule has 0 unspecified atom stereocenters. The lowest BCUT2D eigenvalue weighted by molar-refractivity contribution is -0.133. The van der Waals surface area contributed by atoms with Crippen LogP contribution in [-0.2, 0) is 32.6 Å². The predicted octanol–water partition coefficient (Wildman–Crippen LogP) is 3.29. The molecule has 0 aliphatic heterocycles. The Morgan fingerprint density at radius 2 is 1.90 bits per heavy atom. The molecule has 0 bridgehead atoms. The smallest absolute Gasteiger partial charge is 0.338 e. The van der Waals surface area contributed by atoms with Gasteiger partial charge in [0.1, 0.15) is 5.76 Å². The van der Waals surface area contributed by atoms with Crippen LogP contribution >= 0.6 is 22.9 Å². The SMILES string of the molecule is CN(Cc1ccc(Cl)s1)C(=O)COC(=O)c1ccc(S(=O)(=O)NCc2ccco2)cc1. The van der Waals surface area contributed by atoms with Crippen LogP contribution in [0.2, 0.25) is 4.34 Å². The Morgan fingerprint density at radius 1 is 1.16 bits per heavy atom.